The topological polar surface area (TPSA) is 37.3 Å². The predicted molar refractivity (Wildman–Crippen MR) is 46.0 cm³/mol. The highest BCUT2D eigenvalue weighted by Gasteiger charge is 2.08. The highest BCUT2D eigenvalue weighted by Crippen LogP contribution is 2.15. The van der Waals surface area contributed by atoms with Crippen molar-refractivity contribution in [2.75, 3.05) is 0 Å². The summed E-state index contributed by atoms with van der Waals surface area (Å²) in [5, 5.41) is 8.36. The zero-order chi connectivity index (χ0) is 8.85. The highest BCUT2D eigenvalue weighted by atomic mass is 35.5. The van der Waals surface area contributed by atoms with Gasteiger partial charge in [-0.1, -0.05) is 13.8 Å². The van der Waals surface area contributed by atoms with Gasteiger partial charge in [-0.25, -0.2) is 0 Å². The molecule has 0 aromatic rings. The second kappa shape index (κ2) is 5.42. The minimum Gasteiger partial charge on any atom is -0.481 e. The fraction of sp³-hybridized carbons (Fsp3) is 0.875. The maximum Gasteiger partial charge on any atom is 0.303 e. The van der Waals surface area contributed by atoms with Gasteiger partial charge in [-0.3, -0.25) is 4.79 Å². The molecular formula is C8H15ClO2. The summed E-state index contributed by atoms with van der Waals surface area (Å²) < 4.78 is 0. The average molecular weight is 179 g/mol. The quantitative estimate of drug-likeness (QED) is 0.657. The molecule has 0 aromatic carbocycles. The summed E-state index contributed by atoms with van der Waals surface area (Å²) in [5.41, 5.74) is 0. The van der Waals surface area contributed by atoms with Crippen molar-refractivity contribution >= 4 is 17.6 Å². The Morgan fingerprint density at radius 3 is 2.45 bits per heavy atom. The van der Waals surface area contributed by atoms with Crippen molar-refractivity contribution in [3.05, 3.63) is 0 Å². The van der Waals surface area contributed by atoms with Crippen LogP contribution in [0, 0.1) is 5.92 Å². The number of hydrogen-bond donors (Lipinski definition) is 1. The van der Waals surface area contributed by atoms with Crippen LogP contribution >= 0.6 is 11.6 Å². The summed E-state index contributed by atoms with van der Waals surface area (Å²) in [5.74, 6) is -0.217. The fourth-order valence-corrected chi connectivity index (χ4v) is 1.37. The molecule has 0 bridgehead atoms. The second-order valence-corrected chi connectivity index (χ2v) is 3.78. The Labute approximate surface area is 72.6 Å². The van der Waals surface area contributed by atoms with E-state index in [0.717, 1.165) is 6.42 Å². The zero-order valence-electron chi connectivity index (χ0n) is 7.01. The third kappa shape index (κ3) is 7.66. The van der Waals surface area contributed by atoms with Crippen LogP contribution in [0.2, 0.25) is 0 Å². The summed E-state index contributed by atoms with van der Waals surface area (Å²) in [6.07, 6.45) is 1.66. The van der Waals surface area contributed by atoms with E-state index in [0.29, 0.717) is 12.3 Å². The summed E-state index contributed by atoms with van der Waals surface area (Å²) in [7, 11) is 0. The Bertz CT molecular complexity index is 123. The summed E-state index contributed by atoms with van der Waals surface area (Å²) >= 11 is 5.86. The zero-order valence-corrected chi connectivity index (χ0v) is 7.77. The number of aliphatic carboxylic acids is 1. The Kier molecular flexibility index (Phi) is 5.30. The normalized spacial score (nSPS) is 13.5. The van der Waals surface area contributed by atoms with Crippen LogP contribution < -0.4 is 0 Å². The summed E-state index contributed by atoms with van der Waals surface area (Å²) in [4.78, 5) is 10.1. The van der Waals surface area contributed by atoms with Gasteiger partial charge in [-0.2, -0.15) is 0 Å². The summed E-state index contributed by atoms with van der Waals surface area (Å²) in [6.45, 7) is 4.16. The molecule has 0 saturated carbocycles. The smallest absolute Gasteiger partial charge is 0.303 e. The lowest BCUT2D eigenvalue weighted by Crippen LogP contribution is -2.06. The van der Waals surface area contributed by atoms with Gasteiger partial charge in [-0.05, 0) is 18.8 Å². The van der Waals surface area contributed by atoms with Crippen molar-refractivity contribution in [2.24, 2.45) is 5.92 Å². The van der Waals surface area contributed by atoms with Gasteiger partial charge in [0.25, 0.3) is 0 Å². The van der Waals surface area contributed by atoms with E-state index < -0.39 is 5.97 Å². The largest absolute Gasteiger partial charge is 0.481 e. The fourth-order valence-electron chi connectivity index (χ4n) is 0.909. The van der Waals surface area contributed by atoms with E-state index in [4.69, 9.17) is 16.7 Å². The Morgan fingerprint density at radius 1 is 1.55 bits per heavy atom. The minimum absolute atomic E-state index is 0.0195. The van der Waals surface area contributed by atoms with Gasteiger partial charge >= 0.3 is 5.97 Å². The van der Waals surface area contributed by atoms with Crippen molar-refractivity contribution in [2.45, 2.75) is 38.5 Å². The molecule has 1 unspecified atom stereocenters. The number of halogens is 1. The molecular weight excluding hydrogens is 164 g/mol. The molecule has 0 saturated heterocycles. The third-order valence-electron chi connectivity index (χ3n) is 1.40. The van der Waals surface area contributed by atoms with E-state index in [1.54, 1.807) is 0 Å². The molecule has 0 spiro atoms. The first kappa shape index (κ1) is 10.8. The monoisotopic (exact) mass is 178 g/mol. The molecule has 2 nitrogen and oxygen atoms in total. The van der Waals surface area contributed by atoms with Crippen LogP contribution in [-0.4, -0.2) is 16.5 Å². The number of hydrogen-bond acceptors (Lipinski definition) is 1. The van der Waals surface area contributed by atoms with Gasteiger partial charge in [-0.15, -0.1) is 11.6 Å². The molecule has 0 aromatic heterocycles. The first-order chi connectivity index (χ1) is 5.02. The first-order valence-electron chi connectivity index (χ1n) is 3.88. The van der Waals surface area contributed by atoms with Crippen LogP contribution in [0.3, 0.4) is 0 Å². The molecule has 0 aliphatic carbocycles. The van der Waals surface area contributed by atoms with Crippen LogP contribution in [0.1, 0.15) is 33.1 Å². The van der Waals surface area contributed by atoms with Crippen LogP contribution in [0.4, 0.5) is 0 Å². The second-order valence-electron chi connectivity index (χ2n) is 3.16. The van der Waals surface area contributed by atoms with Crippen molar-refractivity contribution in [3.8, 4) is 0 Å². The standard InChI is InChI=1S/C8H15ClO2/c1-6(2)5-7(9)3-4-8(10)11/h6-7H,3-5H2,1-2H3,(H,10,11). The van der Waals surface area contributed by atoms with Crippen LogP contribution in [0.25, 0.3) is 0 Å². The third-order valence-corrected chi connectivity index (χ3v) is 1.79. The number of carboxylic acid groups (broad SMARTS) is 1. The average Bonchev–Trinajstić information content (AvgIpc) is 1.82. The highest BCUT2D eigenvalue weighted by molar-refractivity contribution is 6.20. The van der Waals surface area contributed by atoms with Crippen LogP contribution in [-0.2, 0) is 4.79 Å². The molecule has 0 rings (SSSR count). The van der Waals surface area contributed by atoms with Gasteiger partial charge in [0.05, 0.1) is 0 Å². The molecule has 1 N–H and O–H groups in total. The molecule has 0 aliphatic rings. The number of alkyl halides is 1. The van der Waals surface area contributed by atoms with Gasteiger partial charge in [0, 0.05) is 11.8 Å². The number of rotatable bonds is 5. The SMILES string of the molecule is CC(C)CC(Cl)CCC(=O)O. The molecule has 3 heteroatoms. The maximum atomic E-state index is 10.1. The first-order valence-corrected chi connectivity index (χ1v) is 4.32. The van der Waals surface area contributed by atoms with Crippen LogP contribution in [0.5, 0.6) is 0 Å². The number of carbonyl (C=O) groups is 1. The number of carboxylic acids is 1. The molecule has 66 valence electrons. The van der Waals surface area contributed by atoms with Gasteiger partial charge in [0.15, 0.2) is 0 Å². The predicted octanol–water partition coefficient (Wildman–Crippen LogP) is 2.50. The molecule has 0 aliphatic heterocycles. The minimum atomic E-state index is -0.764. The summed E-state index contributed by atoms with van der Waals surface area (Å²) in [6, 6.07) is 0. The lowest BCUT2D eigenvalue weighted by molar-refractivity contribution is -0.137. The molecule has 1 atom stereocenters. The van der Waals surface area contributed by atoms with E-state index in [1.807, 2.05) is 0 Å². The Morgan fingerprint density at radius 2 is 2.09 bits per heavy atom. The van der Waals surface area contributed by atoms with Crippen LogP contribution in [0.15, 0.2) is 0 Å². The van der Waals surface area contributed by atoms with Gasteiger partial charge in [0.1, 0.15) is 0 Å². The van der Waals surface area contributed by atoms with Crippen molar-refractivity contribution in [1.29, 1.82) is 0 Å². The lowest BCUT2D eigenvalue weighted by Gasteiger charge is -2.09. The molecule has 0 radical (unpaired) electrons. The molecule has 11 heavy (non-hydrogen) atoms. The van der Waals surface area contributed by atoms with E-state index in [-0.39, 0.29) is 11.8 Å². The van der Waals surface area contributed by atoms with Crippen molar-refractivity contribution < 1.29 is 9.90 Å². The van der Waals surface area contributed by atoms with E-state index in [2.05, 4.69) is 13.8 Å². The van der Waals surface area contributed by atoms with E-state index in [1.165, 1.54) is 0 Å². The van der Waals surface area contributed by atoms with Gasteiger partial charge in [0.2, 0.25) is 0 Å². The lowest BCUT2D eigenvalue weighted by atomic mass is 10.1. The van der Waals surface area contributed by atoms with E-state index in [9.17, 15) is 4.79 Å². The molecule has 0 amide bonds. The van der Waals surface area contributed by atoms with E-state index >= 15 is 0 Å². The molecule has 0 heterocycles. The van der Waals surface area contributed by atoms with Crippen molar-refractivity contribution in [1.82, 2.24) is 0 Å². The Balaban J connectivity index is 3.37. The van der Waals surface area contributed by atoms with Crippen molar-refractivity contribution in [3.63, 3.8) is 0 Å². The Hall–Kier alpha value is -0.240. The maximum absolute atomic E-state index is 10.1. The van der Waals surface area contributed by atoms with Gasteiger partial charge < -0.3 is 5.11 Å². The molecule has 0 fully saturated rings.